The lowest BCUT2D eigenvalue weighted by Gasteiger charge is -2.31. The van der Waals surface area contributed by atoms with Gasteiger partial charge in [-0.05, 0) is 19.2 Å². The number of carbonyl (C=O) groups excluding carboxylic acids is 1. The number of pyridine rings is 1. The molecule has 1 fully saturated rings. The summed E-state index contributed by atoms with van der Waals surface area (Å²) < 4.78 is 0. The van der Waals surface area contributed by atoms with Gasteiger partial charge >= 0.3 is 0 Å². The fourth-order valence-electron chi connectivity index (χ4n) is 1.64. The Balaban J connectivity index is 2.18. The number of nitriles is 1. The molecule has 16 heavy (non-hydrogen) atoms. The van der Waals surface area contributed by atoms with Crippen LogP contribution in [0.2, 0.25) is 0 Å². The molecule has 1 aliphatic rings. The second-order valence-electron chi connectivity index (χ2n) is 3.80. The molecule has 1 amide bonds. The van der Waals surface area contributed by atoms with E-state index in [1.165, 1.54) is 6.20 Å². The summed E-state index contributed by atoms with van der Waals surface area (Å²) in [6.07, 6.45) is 1.49. The first-order valence-corrected chi connectivity index (χ1v) is 5.06. The largest absolute Gasteiger partial charge is 0.296 e. The first-order chi connectivity index (χ1) is 7.70. The number of amides is 1. The zero-order chi connectivity index (χ0) is 11.5. The zero-order valence-electron chi connectivity index (χ0n) is 9.05. The summed E-state index contributed by atoms with van der Waals surface area (Å²) in [5, 5.41) is 8.65. The molecule has 1 aliphatic heterocycles. The van der Waals surface area contributed by atoms with E-state index < -0.39 is 0 Å². The fourth-order valence-corrected chi connectivity index (χ4v) is 1.64. The van der Waals surface area contributed by atoms with Gasteiger partial charge in [0.05, 0.1) is 12.1 Å². The summed E-state index contributed by atoms with van der Waals surface area (Å²) >= 11 is 0. The zero-order valence-corrected chi connectivity index (χ0v) is 9.05. The molecular weight excluding hydrogens is 204 g/mol. The van der Waals surface area contributed by atoms with Crippen LogP contribution in [0.1, 0.15) is 5.56 Å². The number of aromatic nitrogens is 1. The summed E-state index contributed by atoms with van der Waals surface area (Å²) in [5.41, 5.74) is 0.505. The van der Waals surface area contributed by atoms with Gasteiger partial charge in [0.15, 0.2) is 0 Å². The Hall–Kier alpha value is -1.93. The van der Waals surface area contributed by atoms with Gasteiger partial charge in [-0.3, -0.25) is 14.6 Å². The Morgan fingerprint density at radius 3 is 2.81 bits per heavy atom. The third-order valence-electron chi connectivity index (χ3n) is 2.57. The molecule has 0 aliphatic carbocycles. The number of carbonyl (C=O) groups is 1. The normalized spacial score (nSPS) is 17.2. The van der Waals surface area contributed by atoms with E-state index >= 15 is 0 Å². The van der Waals surface area contributed by atoms with Crippen molar-refractivity contribution < 1.29 is 4.79 Å². The van der Waals surface area contributed by atoms with Crippen LogP contribution in [-0.4, -0.2) is 42.5 Å². The van der Waals surface area contributed by atoms with Crippen LogP contribution in [0.25, 0.3) is 0 Å². The first-order valence-electron chi connectivity index (χ1n) is 5.06. The Morgan fingerprint density at radius 1 is 1.44 bits per heavy atom. The van der Waals surface area contributed by atoms with Crippen LogP contribution in [0.15, 0.2) is 18.3 Å². The third-order valence-corrected chi connectivity index (χ3v) is 2.57. The van der Waals surface area contributed by atoms with Crippen molar-refractivity contribution in [3.63, 3.8) is 0 Å². The van der Waals surface area contributed by atoms with Crippen LogP contribution < -0.4 is 4.90 Å². The maximum Gasteiger partial charge on any atom is 0.242 e. The lowest BCUT2D eigenvalue weighted by Crippen LogP contribution is -2.49. The van der Waals surface area contributed by atoms with Gasteiger partial charge in [-0.1, -0.05) is 0 Å². The van der Waals surface area contributed by atoms with Crippen LogP contribution in [0.3, 0.4) is 0 Å². The Kier molecular flexibility index (Phi) is 2.84. The van der Waals surface area contributed by atoms with E-state index in [9.17, 15) is 4.79 Å². The molecule has 0 N–H and O–H groups in total. The van der Waals surface area contributed by atoms with Gasteiger partial charge in [-0.2, -0.15) is 5.26 Å². The number of piperazine rings is 1. The van der Waals surface area contributed by atoms with Gasteiger partial charge in [0.2, 0.25) is 5.91 Å². The van der Waals surface area contributed by atoms with Gasteiger partial charge in [0, 0.05) is 19.3 Å². The number of likely N-dealkylation sites (N-methyl/N-ethyl adjacent to an activating group) is 1. The minimum Gasteiger partial charge on any atom is -0.296 e. The van der Waals surface area contributed by atoms with Crippen molar-refractivity contribution in [3.8, 4) is 6.07 Å². The molecule has 0 bridgehead atoms. The molecule has 1 aromatic heterocycles. The number of hydrogen-bond acceptors (Lipinski definition) is 4. The van der Waals surface area contributed by atoms with E-state index in [-0.39, 0.29) is 5.91 Å². The number of hydrogen-bond donors (Lipinski definition) is 0. The maximum absolute atomic E-state index is 11.7. The van der Waals surface area contributed by atoms with Crippen molar-refractivity contribution in [1.29, 1.82) is 5.26 Å². The Labute approximate surface area is 93.9 Å². The van der Waals surface area contributed by atoms with Crippen molar-refractivity contribution in [2.45, 2.75) is 0 Å². The van der Waals surface area contributed by atoms with E-state index in [1.54, 1.807) is 17.0 Å². The molecule has 0 unspecified atom stereocenters. The topological polar surface area (TPSA) is 60.2 Å². The maximum atomic E-state index is 11.7. The average Bonchev–Trinajstić information content (AvgIpc) is 2.29. The second-order valence-corrected chi connectivity index (χ2v) is 3.80. The molecule has 2 heterocycles. The Morgan fingerprint density at radius 2 is 2.25 bits per heavy atom. The molecule has 2 rings (SSSR count). The molecule has 0 radical (unpaired) electrons. The highest BCUT2D eigenvalue weighted by Gasteiger charge is 2.23. The second kappa shape index (κ2) is 4.29. The molecule has 82 valence electrons. The number of rotatable bonds is 1. The van der Waals surface area contributed by atoms with Crippen LogP contribution in [0.5, 0.6) is 0 Å². The van der Waals surface area contributed by atoms with Crippen molar-refractivity contribution in [3.05, 3.63) is 23.9 Å². The highest BCUT2D eigenvalue weighted by atomic mass is 16.2. The minimum atomic E-state index is 0.0472. The van der Waals surface area contributed by atoms with Crippen molar-refractivity contribution in [2.24, 2.45) is 0 Å². The van der Waals surface area contributed by atoms with Gasteiger partial charge < -0.3 is 0 Å². The number of nitrogens with zero attached hydrogens (tertiary/aromatic N) is 4. The molecule has 0 atom stereocenters. The monoisotopic (exact) mass is 216 g/mol. The predicted octanol–water partition coefficient (Wildman–Crippen LogP) is 0.232. The molecule has 1 aromatic rings. The van der Waals surface area contributed by atoms with Gasteiger partial charge in [-0.25, -0.2) is 4.98 Å². The summed E-state index contributed by atoms with van der Waals surface area (Å²) in [6, 6.07) is 5.39. The summed E-state index contributed by atoms with van der Waals surface area (Å²) in [7, 11) is 1.92. The lowest BCUT2D eigenvalue weighted by atomic mass is 10.2. The molecule has 5 nitrogen and oxygen atoms in total. The van der Waals surface area contributed by atoms with Gasteiger partial charge in [0.25, 0.3) is 0 Å². The van der Waals surface area contributed by atoms with Gasteiger partial charge in [0.1, 0.15) is 11.9 Å². The smallest absolute Gasteiger partial charge is 0.242 e. The molecule has 0 aromatic carbocycles. The molecule has 5 heteroatoms. The fraction of sp³-hybridized carbons (Fsp3) is 0.364. The van der Waals surface area contributed by atoms with Gasteiger partial charge in [-0.15, -0.1) is 0 Å². The van der Waals surface area contributed by atoms with E-state index in [1.807, 2.05) is 18.0 Å². The molecular formula is C11H12N4O. The van der Waals surface area contributed by atoms with Crippen molar-refractivity contribution >= 4 is 11.7 Å². The van der Waals surface area contributed by atoms with Crippen molar-refractivity contribution in [2.75, 3.05) is 31.6 Å². The van der Waals surface area contributed by atoms with Crippen molar-refractivity contribution in [1.82, 2.24) is 9.88 Å². The molecule has 1 saturated heterocycles. The lowest BCUT2D eigenvalue weighted by molar-refractivity contribution is -0.120. The minimum absolute atomic E-state index is 0.0472. The highest BCUT2D eigenvalue weighted by molar-refractivity contribution is 5.94. The average molecular weight is 216 g/mol. The highest BCUT2D eigenvalue weighted by Crippen LogP contribution is 2.13. The van der Waals surface area contributed by atoms with E-state index in [4.69, 9.17) is 5.26 Å². The quantitative estimate of drug-likeness (QED) is 0.674. The number of anilines is 1. The van der Waals surface area contributed by atoms with Crippen LogP contribution in [-0.2, 0) is 4.79 Å². The molecule has 0 saturated carbocycles. The predicted molar refractivity (Wildman–Crippen MR) is 58.8 cm³/mol. The first kappa shape index (κ1) is 10.6. The van der Waals surface area contributed by atoms with Crippen LogP contribution in [0.4, 0.5) is 5.82 Å². The summed E-state index contributed by atoms with van der Waals surface area (Å²) in [6.45, 7) is 1.91. The Bertz CT molecular complexity index is 434. The standard InChI is InChI=1S/C11H12N4O/c1-14-4-5-15(11(16)8-14)10-3-2-9(6-12)7-13-10/h2-3,7H,4-5,8H2,1H3. The van der Waals surface area contributed by atoms with Crippen LogP contribution in [0, 0.1) is 11.3 Å². The summed E-state index contributed by atoms with van der Waals surface area (Å²) in [5.74, 6) is 0.669. The summed E-state index contributed by atoms with van der Waals surface area (Å²) in [4.78, 5) is 19.5. The van der Waals surface area contributed by atoms with E-state index in [2.05, 4.69) is 4.98 Å². The molecule has 0 spiro atoms. The van der Waals surface area contributed by atoms with E-state index in [0.29, 0.717) is 24.5 Å². The van der Waals surface area contributed by atoms with Crippen LogP contribution >= 0.6 is 0 Å². The third kappa shape index (κ3) is 2.02. The van der Waals surface area contributed by atoms with E-state index in [0.717, 1.165) is 6.54 Å². The SMILES string of the molecule is CN1CCN(c2ccc(C#N)cn2)C(=O)C1.